The Morgan fingerprint density at radius 3 is 2.80 bits per heavy atom. The molecule has 0 aliphatic carbocycles. The number of fused-ring (bicyclic) bond motifs is 1. The van der Waals surface area contributed by atoms with Gasteiger partial charge in [-0.15, -0.1) is 0 Å². The van der Waals surface area contributed by atoms with Crippen molar-refractivity contribution in [3.05, 3.63) is 36.0 Å². The third-order valence-electron chi connectivity index (χ3n) is 2.15. The average molecular weight is 203 g/mol. The first-order valence-electron chi connectivity index (χ1n) is 4.95. The third kappa shape index (κ3) is 1.86. The van der Waals surface area contributed by atoms with Crippen molar-refractivity contribution in [2.75, 3.05) is 0 Å². The number of para-hydroxylation sites is 1. The Labute approximate surface area is 88.1 Å². The van der Waals surface area contributed by atoms with Gasteiger partial charge >= 0.3 is 5.97 Å². The first-order chi connectivity index (χ1) is 7.18. The second-order valence-electron chi connectivity index (χ2n) is 3.70. The van der Waals surface area contributed by atoms with E-state index in [1.807, 2.05) is 38.1 Å². The van der Waals surface area contributed by atoms with E-state index in [0.717, 1.165) is 10.9 Å². The van der Waals surface area contributed by atoms with Crippen LogP contribution in [0.1, 0.15) is 24.2 Å². The van der Waals surface area contributed by atoms with Gasteiger partial charge in [-0.3, -0.25) is 0 Å². The molecule has 2 rings (SSSR count). The highest BCUT2D eigenvalue weighted by molar-refractivity contribution is 6.04. The SMILES string of the molecule is CC(C)OC(=O)c1c[nH]c2ccccc12. The van der Waals surface area contributed by atoms with Gasteiger partial charge in [0.15, 0.2) is 0 Å². The second kappa shape index (κ2) is 3.77. The van der Waals surface area contributed by atoms with Gasteiger partial charge in [0.2, 0.25) is 0 Å². The number of H-pyrrole nitrogens is 1. The summed E-state index contributed by atoms with van der Waals surface area (Å²) in [5.74, 6) is -0.276. The molecule has 3 nitrogen and oxygen atoms in total. The lowest BCUT2D eigenvalue weighted by Gasteiger charge is -2.06. The van der Waals surface area contributed by atoms with Crippen LogP contribution >= 0.6 is 0 Å². The molecule has 0 aliphatic rings. The van der Waals surface area contributed by atoms with E-state index in [1.165, 1.54) is 0 Å². The minimum Gasteiger partial charge on any atom is -0.459 e. The van der Waals surface area contributed by atoms with Gasteiger partial charge in [-0.05, 0) is 19.9 Å². The van der Waals surface area contributed by atoms with Crippen LogP contribution in [0.3, 0.4) is 0 Å². The Hall–Kier alpha value is -1.77. The average Bonchev–Trinajstić information content (AvgIpc) is 2.59. The van der Waals surface area contributed by atoms with Gasteiger partial charge in [0, 0.05) is 17.1 Å². The van der Waals surface area contributed by atoms with Crippen molar-refractivity contribution >= 4 is 16.9 Å². The number of rotatable bonds is 2. The molecule has 1 heterocycles. The van der Waals surface area contributed by atoms with E-state index in [-0.39, 0.29) is 12.1 Å². The maximum Gasteiger partial charge on any atom is 0.340 e. The van der Waals surface area contributed by atoms with E-state index in [1.54, 1.807) is 6.20 Å². The molecule has 0 saturated heterocycles. The van der Waals surface area contributed by atoms with Crippen LogP contribution in [0, 0.1) is 0 Å². The van der Waals surface area contributed by atoms with Gasteiger partial charge in [-0.2, -0.15) is 0 Å². The van der Waals surface area contributed by atoms with Crippen molar-refractivity contribution in [1.82, 2.24) is 4.98 Å². The zero-order valence-electron chi connectivity index (χ0n) is 8.78. The molecule has 78 valence electrons. The zero-order valence-corrected chi connectivity index (χ0v) is 8.78. The zero-order chi connectivity index (χ0) is 10.8. The number of carbonyl (C=O) groups excluding carboxylic acids is 1. The van der Waals surface area contributed by atoms with Crippen LogP contribution < -0.4 is 0 Å². The summed E-state index contributed by atoms with van der Waals surface area (Å²) in [6.07, 6.45) is 1.60. The van der Waals surface area contributed by atoms with Crippen molar-refractivity contribution in [1.29, 1.82) is 0 Å². The predicted molar refractivity (Wildman–Crippen MR) is 58.9 cm³/mol. The summed E-state index contributed by atoms with van der Waals surface area (Å²) in [4.78, 5) is 14.7. The van der Waals surface area contributed by atoms with E-state index >= 15 is 0 Å². The number of carbonyl (C=O) groups is 1. The quantitative estimate of drug-likeness (QED) is 0.762. The second-order valence-corrected chi connectivity index (χ2v) is 3.70. The molecule has 1 N–H and O–H groups in total. The molecule has 0 atom stereocenters. The fraction of sp³-hybridized carbons (Fsp3) is 0.250. The number of ether oxygens (including phenoxy) is 1. The maximum atomic E-state index is 11.7. The number of aromatic nitrogens is 1. The van der Waals surface area contributed by atoms with Crippen LogP contribution in [0.25, 0.3) is 10.9 Å². The number of aromatic amines is 1. The standard InChI is InChI=1S/C12H13NO2/c1-8(2)15-12(14)10-7-13-11-6-4-3-5-9(10)11/h3-8,13H,1-2H3. The molecule has 0 saturated carbocycles. The number of benzene rings is 1. The Bertz CT molecular complexity index is 485. The molecular formula is C12H13NO2. The molecule has 0 fully saturated rings. The molecule has 1 aromatic heterocycles. The highest BCUT2D eigenvalue weighted by Gasteiger charge is 2.13. The van der Waals surface area contributed by atoms with Crippen molar-refractivity contribution in [3.8, 4) is 0 Å². The summed E-state index contributed by atoms with van der Waals surface area (Å²) in [7, 11) is 0. The van der Waals surface area contributed by atoms with Crippen LogP contribution in [-0.2, 0) is 4.74 Å². The minimum absolute atomic E-state index is 0.0915. The van der Waals surface area contributed by atoms with Crippen molar-refractivity contribution in [3.63, 3.8) is 0 Å². The lowest BCUT2D eigenvalue weighted by Crippen LogP contribution is -2.10. The molecule has 0 spiro atoms. The van der Waals surface area contributed by atoms with E-state index in [9.17, 15) is 4.79 Å². The van der Waals surface area contributed by atoms with Gasteiger partial charge in [-0.1, -0.05) is 18.2 Å². The van der Waals surface area contributed by atoms with Crippen molar-refractivity contribution in [2.24, 2.45) is 0 Å². The van der Waals surface area contributed by atoms with Gasteiger partial charge in [-0.25, -0.2) is 4.79 Å². The highest BCUT2D eigenvalue weighted by Crippen LogP contribution is 2.18. The Balaban J connectivity index is 2.40. The van der Waals surface area contributed by atoms with Crippen molar-refractivity contribution in [2.45, 2.75) is 20.0 Å². The van der Waals surface area contributed by atoms with Crippen LogP contribution in [-0.4, -0.2) is 17.1 Å². The highest BCUT2D eigenvalue weighted by atomic mass is 16.5. The summed E-state index contributed by atoms with van der Waals surface area (Å²) in [5.41, 5.74) is 1.55. The van der Waals surface area contributed by atoms with E-state index in [4.69, 9.17) is 4.74 Å². The van der Waals surface area contributed by atoms with Gasteiger partial charge in [0.05, 0.1) is 11.7 Å². The van der Waals surface area contributed by atoms with Gasteiger partial charge in [0.1, 0.15) is 0 Å². The van der Waals surface area contributed by atoms with Crippen molar-refractivity contribution < 1.29 is 9.53 Å². The fourth-order valence-corrected chi connectivity index (χ4v) is 1.52. The predicted octanol–water partition coefficient (Wildman–Crippen LogP) is 2.73. The molecule has 0 aliphatic heterocycles. The van der Waals surface area contributed by atoms with Crippen LogP contribution in [0.2, 0.25) is 0 Å². The molecule has 3 heteroatoms. The largest absolute Gasteiger partial charge is 0.459 e. The summed E-state index contributed by atoms with van der Waals surface area (Å²) >= 11 is 0. The number of esters is 1. The topological polar surface area (TPSA) is 42.1 Å². The Morgan fingerprint density at radius 1 is 1.33 bits per heavy atom. The van der Waals surface area contributed by atoms with E-state index in [2.05, 4.69) is 4.98 Å². The first kappa shape index (κ1) is 9.77. The van der Waals surface area contributed by atoms with Crippen LogP contribution in [0.15, 0.2) is 30.5 Å². The molecule has 0 unspecified atom stereocenters. The molecule has 0 bridgehead atoms. The van der Waals surface area contributed by atoms with E-state index in [0.29, 0.717) is 5.56 Å². The first-order valence-corrected chi connectivity index (χ1v) is 4.95. The number of nitrogens with one attached hydrogen (secondary N) is 1. The third-order valence-corrected chi connectivity index (χ3v) is 2.15. The molecule has 15 heavy (non-hydrogen) atoms. The molecule has 1 aromatic carbocycles. The summed E-state index contributed by atoms with van der Waals surface area (Å²) in [6.45, 7) is 3.68. The van der Waals surface area contributed by atoms with Crippen LogP contribution in [0.5, 0.6) is 0 Å². The minimum atomic E-state index is -0.276. The monoisotopic (exact) mass is 203 g/mol. The molecule has 0 radical (unpaired) electrons. The summed E-state index contributed by atoms with van der Waals surface area (Å²) < 4.78 is 5.14. The maximum absolute atomic E-state index is 11.7. The van der Waals surface area contributed by atoms with Crippen LogP contribution in [0.4, 0.5) is 0 Å². The fourth-order valence-electron chi connectivity index (χ4n) is 1.52. The normalized spacial score (nSPS) is 10.9. The van der Waals surface area contributed by atoms with E-state index < -0.39 is 0 Å². The number of hydrogen-bond acceptors (Lipinski definition) is 2. The van der Waals surface area contributed by atoms with Gasteiger partial charge in [0.25, 0.3) is 0 Å². The van der Waals surface area contributed by atoms with Gasteiger partial charge < -0.3 is 9.72 Å². The lowest BCUT2D eigenvalue weighted by molar-refractivity contribution is 0.0380. The smallest absolute Gasteiger partial charge is 0.340 e. The lowest BCUT2D eigenvalue weighted by atomic mass is 10.2. The molecule has 2 aromatic rings. The summed E-state index contributed by atoms with van der Waals surface area (Å²) in [6, 6.07) is 7.67. The number of hydrogen-bond donors (Lipinski definition) is 1. The Morgan fingerprint density at radius 2 is 2.07 bits per heavy atom. The molecule has 0 amide bonds. The Kier molecular flexibility index (Phi) is 2.46. The summed E-state index contributed by atoms with van der Waals surface area (Å²) in [5, 5.41) is 0.906. The molecular weight excluding hydrogens is 190 g/mol.